The molecule has 2 aromatic heterocycles. The number of rotatable bonds is 1. The van der Waals surface area contributed by atoms with Gasteiger partial charge in [0.2, 0.25) is 0 Å². The van der Waals surface area contributed by atoms with Crippen LogP contribution >= 0.6 is 11.6 Å². The van der Waals surface area contributed by atoms with Crippen LogP contribution in [0.5, 0.6) is 0 Å². The molecule has 0 bridgehead atoms. The Morgan fingerprint density at radius 3 is 2.37 bits per heavy atom. The van der Waals surface area contributed by atoms with Gasteiger partial charge in [-0.2, -0.15) is 18.4 Å². The van der Waals surface area contributed by atoms with Crippen molar-refractivity contribution in [1.29, 1.82) is 5.26 Å². The van der Waals surface area contributed by atoms with Crippen molar-refractivity contribution < 1.29 is 13.2 Å². The van der Waals surface area contributed by atoms with Gasteiger partial charge >= 0.3 is 6.18 Å². The Labute approximate surface area is 111 Å². The van der Waals surface area contributed by atoms with Gasteiger partial charge in [0, 0.05) is 18.0 Å². The quantitative estimate of drug-likeness (QED) is 0.750. The predicted octanol–water partition coefficient (Wildman–Crippen LogP) is 3.69. The maximum atomic E-state index is 12.9. The normalized spacial score (nSPS) is 11.1. The van der Waals surface area contributed by atoms with E-state index in [9.17, 15) is 13.2 Å². The molecule has 2 aromatic rings. The summed E-state index contributed by atoms with van der Waals surface area (Å²) in [6, 6.07) is 5.24. The molecule has 2 heterocycles. The average molecular weight is 284 g/mol. The van der Waals surface area contributed by atoms with Gasteiger partial charge in [0.05, 0.1) is 11.3 Å². The van der Waals surface area contributed by atoms with E-state index < -0.39 is 22.5 Å². The van der Waals surface area contributed by atoms with Crippen molar-refractivity contribution >= 4 is 11.6 Å². The van der Waals surface area contributed by atoms with Crippen LogP contribution in [0.3, 0.4) is 0 Å². The standard InChI is InChI=1S/C12H5ClF3N3/c13-11-8(6-17)9(12(14,15)16)5-10(19-11)7-1-3-18-4-2-7/h1-5H. The zero-order valence-electron chi connectivity index (χ0n) is 9.24. The van der Waals surface area contributed by atoms with Crippen LogP contribution < -0.4 is 0 Å². The summed E-state index contributed by atoms with van der Waals surface area (Å²) in [6.45, 7) is 0. The number of hydrogen-bond donors (Lipinski definition) is 0. The molecular weight excluding hydrogens is 279 g/mol. The van der Waals surface area contributed by atoms with Crippen LogP contribution in [0, 0.1) is 11.3 Å². The van der Waals surface area contributed by atoms with Crippen molar-refractivity contribution in [2.24, 2.45) is 0 Å². The summed E-state index contributed by atoms with van der Waals surface area (Å²) in [6.07, 6.45) is -1.81. The van der Waals surface area contributed by atoms with Crippen molar-refractivity contribution in [3.63, 3.8) is 0 Å². The first-order valence-corrected chi connectivity index (χ1v) is 5.39. The molecule has 2 rings (SSSR count). The van der Waals surface area contributed by atoms with Crippen LogP contribution in [0.15, 0.2) is 30.6 Å². The molecule has 96 valence electrons. The van der Waals surface area contributed by atoms with Gasteiger partial charge < -0.3 is 0 Å². The van der Waals surface area contributed by atoms with Crippen LogP contribution in [0.2, 0.25) is 5.15 Å². The summed E-state index contributed by atoms with van der Waals surface area (Å²) >= 11 is 5.64. The summed E-state index contributed by atoms with van der Waals surface area (Å²) in [5.41, 5.74) is -1.29. The molecule has 0 aromatic carbocycles. The van der Waals surface area contributed by atoms with Gasteiger partial charge in [-0.1, -0.05) is 11.6 Å². The summed E-state index contributed by atoms with van der Waals surface area (Å²) < 4.78 is 38.6. The Hall–Kier alpha value is -2.13. The lowest BCUT2D eigenvalue weighted by atomic mass is 10.1. The maximum absolute atomic E-state index is 12.9. The number of hydrogen-bond acceptors (Lipinski definition) is 3. The third-order valence-corrected chi connectivity index (χ3v) is 2.64. The summed E-state index contributed by atoms with van der Waals surface area (Å²) in [7, 11) is 0. The number of nitriles is 1. The third kappa shape index (κ3) is 2.66. The fourth-order valence-electron chi connectivity index (χ4n) is 1.51. The van der Waals surface area contributed by atoms with E-state index in [2.05, 4.69) is 9.97 Å². The molecule has 0 N–H and O–H groups in total. The second-order valence-electron chi connectivity index (χ2n) is 3.57. The molecule has 19 heavy (non-hydrogen) atoms. The van der Waals surface area contributed by atoms with Gasteiger partial charge in [0.1, 0.15) is 16.8 Å². The molecular formula is C12H5ClF3N3. The Balaban J connectivity index is 2.69. The molecule has 0 aliphatic rings. The minimum absolute atomic E-state index is 0.0405. The number of halogens is 4. The third-order valence-electron chi connectivity index (χ3n) is 2.37. The molecule has 0 saturated heterocycles. The van der Waals surface area contributed by atoms with E-state index in [1.807, 2.05) is 0 Å². The van der Waals surface area contributed by atoms with Crippen molar-refractivity contribution in [3.05, 3.63) is 46.9 Å². The lowest BCUT2D eigenvalue weighted by Crippen LogP contribution is -2.09. The lowest BCUT2D eigenvalue weighted by molar-refractivity contribution is -0.137. The highest BCUT2D eigenvalue weighted by Crippen LogP contribution is 2.36. The topological polar surface area (TPSA) is 49.6 Å². The van der Waals surface area contributed by atoms with Crippen molar-refractivity contribution in [3.8, 4) is 17.3 Å². The Bertz CT molecular complexity index is 648. The van der Waals surface area contributed by atoms with Crippen LogP contribution in [-0.2, 0) is 6.18 Å². The SMILES string of the molecule is N#Cc1c(C(F)(F)F)cc(-c2ccncc2)nc1Cl. The number of pyridine rings is 2. The molecule has 0 radical (unpaired) electrons. The molecule has 0 saturated carbocycles. The van der Waals surface area contributed by atoms with Gasteiger partial charge in [0.15, 0.2) is 0 Å². The first-order chi connectivity index (χ1) is 8.93. The summed E-state index contributed by atoms with van der Waals surface area (Å²) in [5.74, 6) is 0. The molecule has 0 spiro atoms. The van der Waals surface area contributed by atoms with Crippen molar-refractivity contribution in [2.75, 3.05) is 0 Å². The van der Waals surface area contributed by atoms with Gasteiger partial charge in [-0.25, -0.2) is 4.98 Å². The van der Waals surface area contributed by atoms with Crippen molar-refractivity contribution in [2.45, 2.75) is 6.18 Å². The summed E-state index contributed by atoms with van der Waals surface area (Å²) in [5, 5.41) is 8.27. The molecule has 0 fully saturated rings. The Kier molecular flexibility index (Phi) is 3.40. The van der Waals surface area contributed by atoms with E-state index in [4.69, 9.17) is 16.9 Å². The Morgan fingerprint density at radius 1 is 1.21 bits per heavy atom. The van der Waals surface area contributed by atoms with Gasteiger partial charge in [-0.05, 0) is 18.2 Å². The lowest BCUT2D eigenvalue weighted by Gasteiger charge is -2.11. The molecule has 0 atom stereocenters. The van der Waals surface area contributed by atoms with Gasteiger partial charge in [0.25, 0.3) is 0 Å². The molecule has 0 amide bonds. The molecule has 0 unspecified atom stereocenters. The van der Waals surface area contributed by atoms with E-state index in [1.54, 1.807) is 0 Å². The van der Waals surface area contributed by atoms with Gasteiger partial charge in [-0.15, -0.1) is 0 Å². The average Bonchev–Trinajstić information content (AvgIpc) is 2.37. The first-order valence-electron chi connectivity index (χ1n) is 5.01. The highest BCUT2D eigenvalue weighted by atomic mass is 35.5. The zero-order chi connectivity index (χ0) is 14.0. The molecule has 0 aliphatic heterocycles. The fourth-order valence-corrected chi connectivity index (χ4v) is 1.75. The minimum atomic E-state index is -4.67. The molecule has 0 aliphatic carbocycles. The molecule has 7 heteroatoms. The van der Waals surface area contributed by atoms with Gasteiger partial charge in [-0.3, -0.25) is 4.98 Å². The van der Waals surface area contributed by atoms with E-state index in [-0.39, 0.29) is 5.69 Å². The highest BCUT2D eigenvalue weighted by Gasteiger charge is 2.35. The number of aromatic nitrogens is 2. The number of alkyl halides is 3. The first kappa shape index (κ1) is 13.3. The second kappa shape index (κ2) is 4.86. The van der Waals surface area contributed by atoms with Crippen LogP contribution in [-0.4, -0.2) is 9.97 Å². The second-order valence-corrected chi connectivity index (χ2v) is 3.92. The monoisotopic (exact) mass is 283 g/mol. The minimum Gasteiger partial charge on any atom is -0.265 e. The summed E-state index contributed by atoms with van der Waals surface area (Å²) in [4.78, 5) is 7.57. The Morgan fingerprint density at radius 2 is 1.84 bits per heavy atom. The largest absolute Gasteiger partial charge is 0.417 e. The number of nitrogens with zero attached hydrogens (tertiary/aromatic N) is 3. The van der Waals surface area contributed by atoms with E-state index in [0.29, 0.717) is 5.56 Å². The van der Waals surface area contributed by atoms with E-state index in [0.717, 1.165) is 6.07 Å². The smallest absolute Gasteiger partial charge is 0.265 e. The highest BCUT2D eigenvalue weighted by molar-refractivity contribution is 6.30. The van der Waals surface area contributed by atoms with E-state index >= 15 is 0 Å². The zero-order valence-corrected chi connectivity index (χ0v) is 10.00. The van der Waals surface area contributed by atoms with Crippen LogP contribution in [0.1, 0.15) is 11.1 Å². The fraction of sp³-hybridized carbons (Fsp3) is 0.0833. The van der Waals surface area contributed by atoms with Crippen LogP contribution in [0.25, 0.3) is 11.3 Å². The van der Waals surface area contributed by atoms with Crippen molar-refractivity contribution in [1.82, 2.24) is 9.97 Å². The maximum Gasteiger partial charge on any atom is 0.417 e. The van der Waals surface area contributed by atoms with Crippen LogP contribution in [0.4, 0.5) is 13.2 Å². The molecule has 3 nitrogen and oxygen atoms in total. The van der Waals surface area contributed by atoms with E-state index in [1.165, 1.54) is 30.6 Å². The predicted molar refractivity (Wildman–Crippen MR) is 62.2 cm³/mol.